The van der Waals surface area contributed by atoms with Crippen molar-refractivity contribution in [2.75, 3.05) is 0 Å². The second-order valence-electron chi connectivity index (χ2n) is 0.676. The van der Waals surface area contributed by atoms with Crippen molar-refractivity contribution < 1.29 is 13.9 Å². The van der Waals surface area contributed by atoms with Gasteiger partial charge in [0.1, 0.15) is 0 Å². The van der Waals surface area contributed by atoms with Gasteiger partial charge in [0.15, 0.2) is 0 Å². The quantitative estimate of drug-likeness (QED) is 0.486. The average Bonchev–Trinajstić information content (AvgIpc) is 1.35. The van der Waals surface area contributed by atoms with E-state index in [2.05, 4.69) is 0 Å². The minimum Gasteiger partial charge on any atom is -0.516 e. The summed E-state index contributed by atoms with van der Waals surface area (Å²) in [5, 5.41) is 7.58. The molecule has 0 aliphatic heterocycles. The summed E-state index contributed by atoms with van der Waals surface area (Å²) >= 11 is 0. The maximum atomic E-state index is 10.8. The maximum Gasteiger partial charge on any atom is 0.260 e. The molecule has 1 N–H and O–H groups in total. The Balaban J connectivity index is 3.03. The number of allylic oxidation sites excluding steroid dienone is 1. The van der Waals surface area contributed by atoms with Gasteiger partial charge in [0.25, 0.3) is 6.43 Å². The lowest BCUT2D eigenvalue weighted by atomic mass is 10.7. The van der Waals surface area contributed by atoms with Crippen molar-refractivity contribution in [2.45, 2.75) is 6.43 Å². The van der Waals surface area contributed by atoms with E-state index in [0.717, 1.165) is 0 Å². The minimum absolute atomic E-state index is 0.324. The number of hydrogen-bond acceptors (Lipinski definition) is 1. The molecule has 0 saturated heterocycles. The van der Waals surface area contributed by atoms with E-state index in [0.29, 0.717) is 12.3 Å². The smallest absolute Gasteiger partial charge is 0.260 e. The van der Waals surface area contributed by atoms with Gasteiger partial charge < -0.3 is 5.11 Å². The van der Waals surface area contributed by atoms with Crippen LogP contribution >= 0.6 is 0 Å². The van der Waals surface area contributed by atoms with Crippen molar-refractivity contribution in [2.24, 2.45) is 0 Å². The lowest BCUT2D eigenvalue weighted by molar-refractivity contribution is 0.200. The van der Waals surface area contributed by atoms with Crippen LogP contribution in [0.4, 0.5) is 8.78 Å². The van der Waals surface area contributed by atoms with Crippen LogP contribution in [-0.4, -0.2) is 11.5 Å². The highest BCUT2D eigenvalue weighted by molar-refractivity contribution is 4.73. The zero-order valence-corrected chi connectivity index (χ0v) is 2.94. The second kappa shape index (κ2) is 2.63. The monoisotopic (exact) mass is 94.0 g/mol. The molecule has 3 heteroatoms. The molecule has 0 fully saturated rings. The molecule has 0 saturated carbocycles. The molecule has 0 rings (SSSR count). The lowest BCUT2D eigenvalue weighted by Gasteiger charge is -1.77. The molecule has 6 heavy (non-hydrogen) atoms. The van der Waals surface area contributed by atoms with Crippen LogP contribution in [0.5, 0.6) is 0 Å². The highest BCUT2D eigenvalue weighted by Gasteiger charge is 1.88. The summed E-state index contributed by atoms with van der Waals surface area (Å²) in [6.45, 7) is 0. The third kappa shape index (κ3) is 3.40. The topological polar surface area (TPSA) is 20.2 Å². The summed E-state index contributed by atoms with van der Waals surface area (Å²) in [7, 11) is 0. The van der Waals surface area contributed by atoms with Crippen LogP contribution in [0, 0.1) is 0 Å². The van der Waals surface area contributed by atoms with Gasteiger partial charge in [-0.05, 0) is 0 Å². The Bertz CT molecular complexity index is 50.8. The molecule has 0 aromatic rings. The molecule has 0 amide bonds. The fraction of sp³-hybridized carbons (Fsp3) is 0.333. The highest BCUT2D eigenvalue weighted by Crippen LogP contribution is 1.90. The number of aliphatic hydroxyl groups excluding tert-OH is 1. The van der Waals surface area contributed by atoms with Crippen molar-refractivity contribution in [1.82, 2.24) is 0 Å². The number of halogens is 2. The van der Waals surface area contributed by atoms with E-state index in [-0.39, 0.29) is 0 Å². The Morgan fingerprint density at radius 3 is 2.00 bits per heavy atom. The van der Waals surface area contributed by atoms with E-state index >= 15 is 0 Å². The van der Waals surface area contributed by atoms with Crippen LogP contribution in [0.1, 0.15) is 0 Å². The molecule has 0 aliphatic carbocycles. The summed E-state index contributed by atoms with van der Waals surface area (Å²) in [6.07, 6.45) is -1.82. The Labute approximate surface area is 33.9 Å². The number of hydrogen-bond donors (Lipinski definition) is 1. The molecule has 0 aromatic heterocycles. The van der Waals surface area contributed by atoms with Gasteiger partial charge in [-0.15, -0.1) is 0 Å². The Morgan fingerprint density at radius 2 is 2.00 bits per heavy atom. The van der Waals surface area contributed by atoms with Gasteiger partial charge >= 0.3 is 0 Å². The van der Waals surface area contributed by atoms with Crippen LogP contribution in [-0.2, 0) is 0 Å². The molecule has 0 bridgehead atoms. The molecule has 0 aliphatic rings. The maximum absolute atomic E-state index is 10.8. The SMILES string of the molecule is OC=CC(F)F. The Hall–Kier alpha value is -0.600. The first-order valence-corrected chi connectivity index (χ1v) is 1.36. The summed E-state index contributed by atoms with van der Waals surface area (Å²) in [5.41, 5.74) is 0. The summed E-state index contributed by atoms with van der Waals surface area (Å²) in [6, 6.07) is 0. The molecule has 0 spiro atoms. The van der Waals surface area contributed by atoms with Gasteiger partial charge in [0.2, 0.25) is 0 Å². The van der Waals surface area contributed by atoms with Crippen molar-refractivity contribution >= 4 is 0 Å². The molecule has 0 heterocycles. The van der Waals surface area contributed by atoms with Crippen LogP contribution in [0.15, 0.2) is 12.3 Å². The van der Waals surface area contributed by atoms with Gasteiger partial charge in [0, 0.05) is 6.08 Å². The molecular formula is C3H4F2O. The van der Waals surface area contributed by atoms with Gasteiger partial charge in [-0.25, -0.2) is 8.78 Å². The van der Waals surface area contributed by atoms with Crippen LogP contribution < -0.4 is 0 Å². The van der Waals surface area contributed by atoms with Gasteiger partial charge in [0.05, 0.1) is 6.26 Å². The molecule has 0 aromatic carbocycles. The summed E-state index contributed by atoms with van der Waals surface area (Å²) in [5.74, 6) is 0. The summed E-state index contributed by atoms with van der Waals surface area (Å²) in [4.78, 5) is 0. The first-order chi connectivity index (χ1) is 2.77. The fourth-order valence-corrected chi connectivity index (χ4v) is 0.0651. The van der Waals surface area contributed by atoms with E-state index in [9.17, 15) is 8.78 Å². The van der Waals surface area contributed by atoms with E-state index in [1.807, 2.05) is 0 Å². The number of alkyl halides is 2. The molecule has 0 unspecified atom stereocenters. The lowest BCUT2D eigenvalue weighted by Crippen LogP contribution is -1.77. The van der Waals surface area contributed by atoms with Crippen molar-refractivity contribution in [3.63, 3.8) is 0 Å². The Kier molecular flexibility index (Phi) is 2.36. The highest BCUT2D eigenvalue weighted by atomic mass is 19.3. The normalized spacial score (nSPS) is 11.2. The fourth-order valence-electron chi connectivity index (χ4n) is 0.0651. The Morgan fingerprint density at radius 1 is 1.50 bits per heavy atom. The summed E-state index contributed by atoms with van der Waals surface area (Å²) < 4.78 is 21.6. The zero-order valence-electron chi connectivity index (χ0n) is 2.94. The van der Waals surface area contributed by atoms with E-state index in [4.69, 9.17) is 5.11 Å². The molecular weight excluding hydrogens is 90.0 g/mol. The van der Waals surface area contributed by atoms with Crippen LogP contribution in [0.2, 0.25) is 0 Å². The predicted molar refractivity (Wildman–Crippen MR) is 17.8 cm³/mol. The van der Waals surface area contributed by atoms with Crippen molar-refractivity contribution in [3.8, 4) is 0 Å². The first-order valence-electron chi connectivity index (χ1n) is 1.36. The predicted octanol–water partition coefficient (Wildman–Crippen LogP) is 1.32. The number of rotatable bonds is 1. The largest absolute Gasteiger partial charge is 0.516 e. The molecule has 1 nitrogen and oxygen atoms in total. The van der Waals surface area contributed by atoms with Gasteiger partial charge in [-0.2, -0.15) is 0 Å². The molecule has 0 atom stereocenters. The van der Waals surface area contributed by atoms with E-state index in [1.54, 1.807) is 0 Å². The van der Waals surface area contributed by atoms with E-state index in [1.165, 1.54) is 0 Å². The van der Waals surface area contributed by atoms with Gasteiger partial charge in [-0.1, -0.05) is 0 Å². The molecule has 0 radical (unpaired) electrons. The second-order valence-corrected chi connectivity index (χ2v) is 0.676. The number of aliphatic hydroxyl groups is 1. The zero-order chi connectivity index (χ0) is 4.99. The average molecular weight is 94.1 g/mol. The molecule has 36 valence electrons. The van der Waals surface area contributed by atoms with Gasteiger partial charge in [-0.3, -0.25) is 0 Å². The standard InChI is InChI=1S/C3H4F2O/c4-3(5)1-2-6/h1-3,6H. The van der Waals surface area contributed by atoms with E-state index < -0.39 is 6.43 Å². The van der Waals surface area contributed by atoms with Crippen LogP contribution in [0.25, 0.3) is 0 Å². The first kappa shape index (κ1) is 5.40. The van der Waals surface area contributed by atoms with Crippen molar-refractivity contribution in [1.29, 1.82) is 0 Å². The minimum atomic E-state index is -2.53. The van der Waals surface area contributed by atoms with Crippen molar-refractivity contribution in [3.05, 3.63) is 12.3 Å². The third-order valence-corrected chi connectivity index (χ3v) is 0.232. The third-order valence-electron chi connectivity index (χ3n) is 0.232. The van der Waals surface area contributed by atoms with Crippen LogP contribution in [0.3, 0.4) is 0 Å².